The Balaban J connectivity index is 2.09. The Morgan fingerprint density at radius 1 is 1.11 bits per heavy atom. The van der Waals surface area contributed by atoms with Crippen LogP contribution in [0.4, 0.5) is 10.1 Å². The van der Waals surface area contributed by atoms with Crippen LogP contribution in [0.2, 0.25) is 0 Å². The highest BCUT2D eigenvalue weighted by Crippen LogP contribution is 2.16. The molecule has 2 rings (SSSR count). The van der Waals surface area contributed by atoms with Crippen molar-refractivity contribution in [2.45, 2.75) is 6.54 Å². The van der Waals surface area contributed by atoms with Gasteiger partial charge < -0.3 is 10.0 Å². The molecule has 0 saturated carbocycles. The van der Waals surface area contributed by atoms with E-state index in [0.29, 0.717) is 6.54 Å². The number of carboxylic acid groups (broad SMARTS) is 1. The van der Waals surface area contributed by atoms with Crippen molar-refractivity contribution in [3.63, 3.8) is 0 Å². The van der Waals surface area contributed by atoms with E-state index in [4.69, 9.17) is 5.11 Å². The lowest BCUT2D eigenvalue weighted by Gasteiger charge is -2.19. The molecule has 2 aromatic rings. The SMILES string of the molecule is CN(Cc1ccc(F)cc1)c1ccc(C(=O)O)cc1. The van der Waals surface area contributed by atoms with Gasteiger partial charge in [-0.3, -0.25) is 0 Å². The molecular formula is C15H14FNO2. The Kier molecular flexibility index (Phi) is 3.80. The minimum absolute atomic E-state index is 0.253. The molecule has 98 valence electrons. The molecule has 0 bridgehead atoms. The first-order valence-electron chi connectivity index (χ1n) is 5.85. The standard InChI is InChI=1S/C15H14FNO2/c1-17(10-11-2-6-13(16)7-3-11)14-8-4-12(5-9-14)15(18)19/h2-9H,10H2,1H3,(H,18,19). The van der Waals surface area contributed by atoms with Crippen LogP contribution < -0.4 is 4.90 Å². The quantitative estimate of drug-likeness (QED) is 0.916. The Hall–Kier alpha value is -2.36. The molecule has 0 aliphatic heterocycles. The molecular weight excluding hydrogens is 245 g/mol. The van der Waals surface area contributed by atoms with Crippen LogP contribution in [0.25, 0.3) is 0 Å². The van der Waals surface area contributed by atoms with Crippen molar-refractivity contribution in [1.29, 1.82) is 0 Å². The maximum absolute atomic E-state index is 12.8. The summed E-state index contributed by atoms with van der Waals surface area (Å²) in [7, 11) is 1.90. The molecule has 19 heavy (non-hydrogen) atoms. The van der Waals surface area contributed by atoms with Gasteiger partial charge in [-0.05, 0) is 42.0 Å². The fourth-order valence-electron chi connectivity index (χ4n) is 1.81. The topological polar surface area (TPSA) is 40.5 Å². The van der Waals surface area contributed by atoms with E-state index in [1.165, 1.54) is 12.1 Å². The summed E-state index contributed by atoms with van der Waals surface area (Å²) >= 11 is 0. The number of hydrogen-bond acceptors (Lipinski definition) is 2. The fourth-order valence-corrected chi connectivity index (χ4v) is 1.81. The van der Waals surface area contributed by atoms with Crippen molar-refractivity contribution in [3.05, 3.63) is 65.5 Å². The predicted octanol–water partition coefficient (Wildman–Crippen LogP) is 3.16. The molecule has 3 nitrogen and oxygen atoms in total. The van der Waals surface area contributed by atoms with Crippen LogP contribution >= 0.6 is 0 Å². The maximum Gasteiger partial charge on any atom is 0.335 e. The Bertz CT molecular complexity index is 564. The minimum atomic E-state index is -0.937. The molecule has 1 N–H and O–H groups in total. The highest BCUT2D eigenvalue weighted by molar-refractivity contribution is 5.88. The number of aromatic carboxylic acids is 1. The second-order valence-electron chi connectivity index (χ2n) is 4.33. The molecule has 4 heteroatoms. The predicted molar refractivity (Wildman–Crippen MR) is 71.9 cm³/mol. The van der Waals surface area contributed by atoms with Gasteiger partial charge in [0, 0.05) is 19.3 Å². The van der Waals surface area contributed by atoms with Gasteiger partial charge in [-0.2, -0.15) is 0 Å². The van der Waals surface area contributed by atoms with Crippen LogP contribution in [0.5, 0.6) is 0 Å². The van der Waals surface area contributed by atoms with Crippen molar-refractivity contribution >= 4 is 11.7 Å². The minimum Gasteiger partial charge on any atom is -0.478 e. The highest BCUT2D eigenvalue weighted by Gasteiger charge is 2.05. The summed E-state index contributed by atoms with van der Waals surface area (Å²) in [5.41, 5.74) is 2.17. The summed E-state index contributed by atoms with van der Waals surface area (Å²) in [5.74, 6) is -1.19. The molecule has 0 radical (unpaired) electrons. The summed E-state index contributed by atoms with van der Waals surface area (Å²) in [6.45, 7) is 0.632. The summed E-state index contributed by atoms with van der Waals surface area (Å²) < 4.78 is 12.8. The number of anilines is 1. The van der Waals surface area contributed by atoms with Crippen LogP contribution in [-0.2, 0) is 6.54 Å². The second kappa shape index (κ2) is 5.52. The Morgan fingerprint density at radius 3 is 2.21 bits per heavy atom. The summed E-state index contributed by atoms with van der Waals surface area (Å²) in [5, 5.41) is 8.83. The van der Waals surface area contributed by atoms with Crippen molar-refractivity contribution in [2.24, 2.45) is 0 Å². The zero-order valence-electron chi connectivity index (χ0n) is 10.5. The van der Waals surface area contributed by atoms with Gasteiger partial charge in [-0.15, -0.1) is 0 Å². The summed E-state index contributed by atoms with van der Waals surface area (Å²) in [6, 6.07) is 13.0. The molecule has 0 heterocycles. The third-order valence-electron chi connectivity index (χ3n) is 2.89. The van der Waals surface area contributed by atoms with Crippen LogP contribution in [0, 0.1) is 5.82 Å². The van der Waals surface area contributed by atoms with Gasteiger partial charge in [-0.1, -0.05) is 12.1 Å². The molecule has 0 spiro atoms. The van der Waals surface area contributed by atoms with Crippen LogP contribution in [-0.4, -0.2) is 18.1 Å². The Labute approximate surface area is 110 Å². The lowest BCUT2D eigenvalue weighted by Crippen LogP contribution is -2.16. The van der Waals surface area contributed by atoms with E-state index in [-0.39, 0.29) is 11.4 Å². The smallest absolute Gasteiger partial charge is 0.335 e. The summed E-state index contributed by atoms with van der Waals surface area (Å²) in [4.78, 5) is 12.7. The molecule has 0 aliphatic carbocycles. The van der Waals surface area contributed by atoms with Crippen LogP contribution in [0.3, 0.4) is 0 Å². The molecule has 0 fully saturated rings. The highest BCUT2D eigenvalue weighted by atomic mass is 19.1. The third kappa shape index (κ3) is 3.31. The Morgan fingerprint density at radius 2 is 1.68 bits per heavy atom. The molecule has 2 aromatic carbocycles. The number of carboxylic acids is 1. The van der Waals surface area contributed by atoms with Crippen molar-refractivity contribution in [1.82, 2.24) is 0 Å². The largest absolute Gasteiger partial charge is 0.478 e. The zero-order valence-corrected chi connectivity index (χ0v) is 10.5. The van der Waals surface area contributed by atoms with Crippen LogP contribution in [0.1, 0.15) is 15.9 Å². The zero-order chi connectivity index (χ0) is 13.8. The average Bonchev–Trinajstić information content (AvgIpc) is 2.41. The summed E-state index contributed by atoms with van der Waals surface area (Å²) in [6.07, 6.45) is 0. The number of nitrogens with zero attached hydrogens (tertiary/aromatic N) is 1. The molecule has 0 atom stereocenters. The van der Waals surface area contributed by atoms with E-state index in [1.54, 1.807) is 36.4 Å². The van der Waals surface area contributed by atoms with E-state index >= 15 is 0 Å². The van der Waals surface area contributed by atoms with Crippen LogP contribution in [0.15, 0.2) is 48.5 Å². The number of halogens is 1. The van der Waals surface area contributed by atoms with Crippen molar-refractivity contribution in [3.8, 4) is 0 Å². The normalized spacial score (nSPS) is 10.2. The average molecular weight is 259 g/mol. The second-order valence-corrected chi connectivity index (χ2v) is 4.33. The molecule has 0 saturated heterocycles. The van der Waals surface area contributed by atoms with Gasteiger partial charge in [0.1, 0.15) is 5.82 Å². The lowest BCUT2D eigenvalue weighted by molar-refractivity contribution is 0.0697. The van der Waals surface area contributed by atoms with E-state index in [9.17, 15) is 9.18 Å². The van der Waals surface area contributed by atoms with E-state index in [0.717, 1.165) is 11.3 Å². The van der Waals surface area contributed by atoms with Gasteiger partial charge in [-0.25, -0.2) is 9.18 Å². The lowest BCUT2D eigenvalue weighted by atomic mass is 10.1. The molecule has 0 amide bonds. The first-order chi connectivity index (χ1) is 9.06. The maximum atomic E-state index is 12.8. The van der Waals surface area contributed by atoms with Crippen molar-refractivity contribution in [2.75, 3.05) is 11.9 Å². The molecule has 0 aliphatic rings. The number of benzene rings is 2. The molecule has 0 aromatic heterocycles. The van der Waals surface area contributed by atoms with Gasteiger partial charge >= 0.3 is 5.97 Å². The van der Waals surface area contributed by atoms with E-state index in [2.05, 4.69) is 0 Å². The van der Waals surface area contributed by atoms with Crippen molar-refractivity contribution < 1.29 is 14.3 Å². The van der Waals surface area contributed by atoms with Gasteiger partial charge in [0.05, 0.1) is 5.56 Å². The number of rotatable bonds is 4. The first kappa shape index (κ1) is 13.1. The van der Waals surface area contributed by atoms with E-state index in [1.807, 2.05) is 11.9 Å². The monoisotopic (exact) mass is 259 g/mol. The number of hydrogen-bond donors (Lipinski definition) is 1. The number of carbonyl (C=O) groups is 1. The first-order valence-corrected chi connectivity index (χ1v) is 5.85. The van der Waals surface area contributed by atoms with E-state index < -0.39 is 5.97 Å². The van der Waals surface area contributed by atoms with Gasteiger partial charge in [0.2, 0.25) is 0 Å². The molecule has 0 unspecified atom stereocenters. The van der Waals surface area contributed by atoms with Gasteiger partial charge in [0.15, 0.2) is 0 Å². The fraction of sp³-hybridized carbons (Fsp3) is 0.133. The third-order valence-corrected chi connectivity index (χ3v) is 2.89. The van der Waals surface area contributed by atoms with Gasteiger partial charge in [0.25, 0.3) is 0 Å².